The molecule has 0 heteroatoms. The summed E-state index contributed by atoms with van der Waals surface area (Å²) in [6, 6.07) is 0. The fourth-order valence-electron chi connectivity index (χ4n) is 1.48. The molecule has 0 saturated heterocycles. The smallest absolute Gasteiger partial charge is 0.0327 e. The Kier molecular flexibility index (Phi) is 9.13. The molecule has 0 amide bonds. The molecule has 0 aromatic carbocycles. The van der Waals surface area contributed by atoms with E-state index in [1.165, 1.54) is 38.5 Å². The average Bonchev–Trinajstić information content (AvgIpc) is 2.08. The Bertz CT molecular complexity index is 131. The van der Waals surface area contributed by atoms with Gasteiger partial charge in [0, 0.05) is 0 Å². The van der Waals surface area contributed by atoms with Crippen LogP contribution in [0, 0.1) is 11.8 Å². The lowest BCUT2D eigenvalue weighted by molar-refractivity contribution is 0.528. The fraction of sp³-hybridized carbons (Fsp3) is 0.857. The molecule has 0 aliphatic carbocycles. The van der Waals surface area contributed by atoms with Gasteiger partial charge in [0.05, 0.1) is 0 Å². The van der Waals surface area contributed by atoms with Crippen molar-refractivity contribution in [2.45, 2.75) is 66.2 Å². The molecule has 84 valence electrons. The van der Waals surface area contributed by atoms with Crippen molar-refractivity contribution < 1.29 is 0 Å². The van der Waals surface area contributed by atoms with E-state index in [9.17, 15) is 0 Å². The SMILES string of the molecule is CC(C)C/C=C/CCCCCC(C)C. The first-order valence-corrected chi connectivity index (χ1v) is 6.28. The zero-order valence-corrected chi connectivity index (χ0v) is 10.6. The fourth-order valence-corrected chi connectivity index (χ4v) is 1.48. The molecule has 0 saturated carbocycles. The predicted octanol–water partition coefficient (Wildman–Crippen LogP) is 5.20. The van der Waals surface area contributed by atoms with Gasteiger partial charge in [-0.3, -0.25) is 0 Å². The summed E-state index contributed by atoms with van der Waals surface area (Å²) < 4.78 is 0. The Hall–Kier alpha value is -0.260. The standard InChI is InChI=1S/C14H28/c1-13(2)11-9-7-5-6-8-10-12-14(3)4/h7,9,13-14H,5-6,8,10-12H2,1-4H3/b9-7+. The highest BCUT2D eigenvalue weighted by molar-refractivity contribution is 4.82. The molecule has 0 aliphatic heterocycles. The van der Waals surface area contributed by atoms with Crippen molar-refractivity contribution in [3.8, 4) is 0 Å². The maximum Gasteiger partial charge on any atom is -0.0327 e. The molecule has 0 radical (unpaired) electrons. The quantitative estimate of drug-likeness (QED) is 0.370. The van der Waals surface area contributed by atoms with Crippen LogP contribution in [0.3, 0.4) is 0 Å². The molecule has 0 fully saturated rings. The highest BCUT2D eigenvalue weighted by Gasteiger charge is 1.93. The molecule has 0 aromatic rings. The van der Waals surface area contributed by atoms with Crippen molar-refractivity contribution in [2.75, 3.05) is 0 Å². The van der Waals surface area contributed by atoms with Crippen molar-refractivity contribution in [3.63, 3.8) is 0 Å². The maximum atomic E-state index is 2.36. The lowest BCUT2D eigenvalue weighted by Crippen LogP contribution is -1.86. The minimum atomic E-state index is 0.812. The second-order valence-electron chi connectivity index (χ2n) is 5.13. The van der Waals surface area contributed by atoms with Gasteiger partial charge in [-0.05, 0) is 31.1 Å². The predicted molar refractivity (Wildman–Crippen MR) is 66.5 cm³/mol. The number of rotatable bonds is 8. The summed E-state index contributed by atoms with van der Waals surface area (Å²) in [7, 11) is 0. The van der Waals surface area contributed by atoms with E-state index in [4.69, 9.17) is 0 Å². The Labute approximate surface area is 90.8 Å². The molecule has 0 rings (SSSR count). The molecule has 0 N–H and O–H groups in total. The summed E-state index contributed by atoms with van der Waals surface area (Å²) in [5, 5.41) is 0. The van der Waals surface area contributed by atoms with Crippen LogP contribution in [0.15, 0.2) is 12.2 Å². The van der Waals surface area contributed by atoms with Gasteiger partial charge in [-0.15, -0.1) is 0 Å². The van der Waals surface area contributed by atoms with E-state index in [1.54, 1.807) is 0 Å². The van der Waals surface area contributed by atoms with Gasteiger partial charge >= 0.3 is 0 Å². The van der Waals surface area contributed by atoms with Crippen molar-refractivity contribution >= 4 is 0 Å². The topological polar surface area (TPSA) is 0 Å². The van der Waals surface area contributed by atoms with E-state index >= 15 is 0 Å². The summed E-state index contributed by atoms with van der Waals surface area (Å²) in [5.41, 5.74) is 0. The number of hydrogen-bond donors (Lipinski definition) is 0. The molecular formula is C14H28. The number of allylic oxidation sites excluding steroid dienone is 2. The zero-order chi connectivity index (χ0) is 10.8. The Morgan fingerprint density at radius 2 is 1.50 bits per heavy atom. The van der Waals surface area contributed by atoms with Crippen molar-refractivity contribution in [1.82, 2.24) is 0 Å². The zero-order valence-electron chi connectivity index (χ0n) is 10.6. The first kappa shape index (κ1) is 13.7. The van der Waals surface area contributed by atoms with E-state index in [1.807, 2.05) is 0 Å². The molecule has 0 atom stereocenters. The van der Waals surface area contributed by atoms with Crippen molar-refractivity contribution in [2.24, 2.45) is 11.8 Å². The third-order valence-electron chi connectivity index (χ3n) is 2.43. The average molecular weight is 196 g/mol. The Balaban J connectivity index is 3.09. The third-order valence-corrected chi connectivity index (χ3v) is 2.43. The summed E-state index contributed by atoms with van der Waals surface area (Å²) in [5.74, 6) is 1.69. The van der Waals surface area contributed by atoms with Crippen LogP contribution in [0.2, 0.25) is 0 Å². The first-order valence-electron chi connectivity index (χ1n) is 6.28. The minimum Gasteiger partial charge on any atom is -0.0885 e. The second-order valence-corrected chi connectivity index (χ2v) is 5.13. The molecule has 0 heterocycles. The van der Waals surface area contributed by atoms with Gasteiger partial charge in [0.1, 0.15) is 0 Å². The van der Waals surface area contributed by atoms with E-state index in [0.29, 0.717) is 0 Å². The van der Waals surface area contributed by atoms with Crippen LogP contribution in [-0.4, -0.2) is 0 Å². The lowest BCUT2D eigenvalue weighted by Gasteiger charge is -2.02. The van der Waals surface area contributed by atoms with Crippen molar-refractivity contribution in [1.29, 1.82) is 0 Å². The van der Waals surface area contributed by atoms with Crippen LogP contribution in [0.4, 0.5) is 0 Å². The van der Waals surface area contributed by atoms with Gasteiger partial charge in [0.2, 0.25) is 0 Å². The van der Waals surface area contributed by atoms with Gasteiger partial charge in [-0.25, -0.2) is 0 Å². The van der Waals surface area contributed by atoms with E-state index in [-0.39, 0.29) is 0 Å². The molecule has 0 spiro atoms. The summed E-state index contributed by atoms with van der Waals surface area (Å²) in [4.78, 5) is 0. The van der Waals surface area contributed by atoms with E-state index in [0.717, 1.165) is 11.8 Å². The molecule has 0 unspecified atom stereocenters. The molecular weight excluding hydrogens is 168 g/mol. The summed E-state index contributed by atoms with van der Waals surface area (Å²) >= 11 is 0. The molecule has 0 aromatic heterocycles. The van der Waals surface area contributed by atoms with Gasteiger partial charge in [-0.2, -0.15) is 0 Å². The Morgan fingerprint density at radius 3 is 2.07 bits per heavy atom. The van der Waals surface area contributed by atoms with E-state index in [2.05, 4.69) is 39.8 Å². The van der Waals surface area contributed by atoms with Crippen LogP contribution in [0.1, 0.15) is 66.2 Å². The van der Waals surface area contributed by atoms with Gasteiger partial charge < -0.3 is 0 Å². The maximum absolute atomic E-state index is 2.36. The molecule has 0 nitrogen and oxygen atoms in total. The molecule has 14 heavy (non-hydrogen) atoms. The highest BCUT2D eigenvalue weighted by atomic mass is 14.0. The van der Waals surface area contributed by atoms with Crippen LogP contribution in [-0.2, 0) is 0 Å². The highest BCUT2D eigenvalue weighted by Crippen LogP contribution is 2.10. The monoisotopic (exact) mass is 196 g/mol. The summed E-state index contributed by atoms with van der Waals surface area (Å²) in [6.45, 7) is 9.16. The summed E-state index contributed by atoms with van der Waals surface area (Å²) in [6.07, 6.45) is 12.8. The number of unbranched alkanes of at least 4 members (excludes halogenated alkanes) is 3. The van der Waals surface area contributed by atoms with Crippen LogP contribution < -0.4 is 0 Å². The van der Waals surface area contributed by atoms with Crippen molar-refractivity contribution in [3.05, 3.63) is 12.2 Å². The van der Waals surface area contributed by atoms with Crippen LogP contribution in [0.5, 0.6) is 0 Å². The van der Waals surface area contributed by atoms with Gasteiger partial charge in [0.15, 0.2) is 0 Å². The lowest BCUT2D eigenvalue weighted by atomic mass is 10.0. The molecule has 0 aliphatic rings. The van der Waals surface area contributed by atoms with E-state index < -0.39 is 0 Å². The van der Waals surface area contributed by atoms with Crippen LogP contribution >= 0.6 is 0 Å². The minimum absolute atomic E-state index is 0.812. The third kappa shape index (κ3) is 11.7. The number of hydrogen-bond acceptors (Lipinski definition) is 0. The molecule has 0 bridgehead atoms. The normalized spacial score (nSPS) is 12.1. The van der Waals surface area contributed by atoms with Gasteiger partial charge in [-0.1, -0.05) is 59.1 Å². The van der Waals surface area contributed by atoms with Gasteiger partial charge in [0.25, 0.3) is 0 Å². The van der Waals surface area contributed by atoms with Crippen LogP contribution in [0.25, 0.3) is 0 Å². The first-order chi connectivity index (χ1) is 6.63. The Morgan fingerprint density at radius 1 is 0.786 bits per heavy atom. The largest absolute Gasteiger partial charge is 0.0885 e. The second kappa shape index (κ2) is 9.30.